The Labute approximate surface area is 213 Å². The van der Waals surface area contributed by atoms with Gasteiger partial charge in [0.15, 0.2) is 0 Å². The highest BCUT2D eigenvalue weighted by molar-refractivity contribution is 6.09. The minimum Gasteiger partial charge on any atom is -0.404 e. The number of likely N-dealkylation sites (N-methyl/N-ethyl adjacent to an activating group) is 1. The number of aromatic nitrogens is 2. The molecule has 0 amide bonds. The summed E-state index contributed by atoms with van der Waals surface area (Å²) in [5.41, 5.74) is 16.8. The number of hydrogen-bond donors (Lipinski definition) is 2. The molecule has 0 spiro atoms. The lowest BCUT2D eigenvalue weighted by atomic mass is 9.91. The van der Waals surface area contributed by atoms with Crippen LogP contribution in [0.5, 0.6) is 0 Å². The predicted octanol–water partition coefficient (Wildman–Crippen LogP) is 2.31. The Balaban J connectivity index is 1.34. The van der Waals surface area contributed by atoms with Gasteiger partial charge in [0.05, 0.1) is 12.6 Å². The molecule has 2 atom stereocenters. The highest BCUT2D eigenvalue weighted by Gasteiger charge is 2.26. The summed E-state index contributed by atoms with van der Waals surface area (Å²) in [7, 11) is 2.15. The zero-order valence-electron chi connectivity index (χ0n) is 21.4. The third kappa shape index (κ3) is 5.47. The Bertz CT molecular complexity index is 1120. The molecule has 0 saturated carbocycles. The van der Waals surface area contributed by atoms with E-state index in [-0.39, 0.29) is 6.10 Å². The number of anilines is 3. The number of fused-ring (bicyclic) bond motifs is 1. The standard InChI is InChI=1S/C27H38N8O/c1-19-12-20-5-6-21(23(15-28)16-30-17-24-4-3-11-36-24)13-22(20)18-35(19)26-14-25(31-27(29)32-26)34-9-7-33(2)8-10-34/h5-6,13-16,19,24H,3-4,7-12,17-18,28H2,1-2H3,(H2,29,31,32). The highest BCUT2D eigenvalue weighted by atomic mass is 16.5. The molecule has 0 bridgehead atoms. The SMILES string of the molecule is CC1Cc2ccc(C(C=NCC3CCCO3)=CN)cc2CN1c1cc(N2CCN(C)CC2)nc(N)n1. The molecule has 0 radical (unpaired) electrons. The van der Waals surface area contributed by atoms with Crippen LogP contribution in [0.15, 0.2) is 35.5 Å². The summed E-state index contributed by atoms with van der Waals surface area (Å²) in [5, 5.41) is 0. The second-order valence-corrected chi connectivity index (χ2v) is 10.1. The van der Waals surface area contributed by atoms with Gasteiger partial charge in [-0.25, -0.2) is 0 Å². The summed E-state index contributed by atoms with van der Waals surface area (Å²) in [6.07, 6.45) is 6.88. The molecule has 1 aromatic carbocycles. The van der Waals surface area contributed by atoms with Crippen molar-refractivity contribution in [2.75, 3.05) is 61.9 Å². The summed E-state index contributed by atoms with van der Waals surface area (Å²) in [6, 6.07) is 8.99. The molecule has 9 nitrogen and oxygen atoms in total. The van der Waals surface area contributed by atoms with E-state index in [0.717, 1.165) is 81.4 Å². The van der Waals surface area contributed by atoms with Crippen LogP contribution >= 0.6 is 0 Å². The lowest BCUT2D eigenvalue weighted by Crippen LogP contribution is -2.45. The highest BCUT2D eigenvalue weighted by Crippen LogP contribution is 2.31. The van der Waals surface area contributed by atoms with Crippen LogP contribution in [0.1, 0.15) is 36.5 Å². The van der Waals surface area contributed by atoms with Gasteiger partial charge in [-0.1, -0.05) is 12.1 Å². The number of ether oxygens (including phenoxy) is 1. The minimum absolute atomic E-state index is 0.231. The van der Waals surface area contributed by atoms with Crippen LogP contribution in [0.3, 0.4) is 0 Å². The Hall–Kier alpha value is -3.17. The molecule has 192 valence electrons. The van der Waals surface area contributed by atoms with Gasteiger partial charge in [-0.15, -0.1) is 0 Å². The Morgan fingerprint density at radius 1 is 1.14 bits per heavy atom. The molecular formula is C27H38N8O. The van der Waals surface area contributed by atoms with E-state index in [9.17, 15) is 0 Å². The number of allylic oxidation sites excluding steroid dienone is 1. The van der Waals surface area contributed by atoms with Gasteiger partial charge in [0.1, 0.15) is 11.6 Å². The number of benzene rings is 1. The summed E-state index contributed by atoms with van der Waals surface area (Å²) in [4.78, 5) is 20.8. The second-order valence-electron chi connectivity index (χ2n) is 10.1. The van der Waals surface area contributed by atoms with E-state index < -0.39 is 0 Å². The summed E-state index contributed by atoms with van der Waals surface area (Å²) in [6.45, 7) is 8.44. The Morgan fingerprint density at radius 2 is 1.94 bits per heavy atom. The molecule has 36 heavy (non-hydrogen) atoms. The minimum atomic E-state index is 0.231. The van der Waals surface area contributed by atoms with Crippen molar-refractivity contribution in [1.29, 1.82) is 0 Å². The molecule has 2 unspecified atom stereocenters. The topological polar surface area (TPSA) is 109 Å². The number of aliphatic imine (C=N–C) groups is 1. The lowest BCUT2D eigenvalue weighted by molar-refractivity contribution is 0.118. The van der Waals surface area contributed by atoms with Gasteiger partial charge in [-0.3, -0.25) is 4.99 Å². The molecule has 2 saturated heterocycles. The molecule has 3 aliphatic rings. The van der Waals surface area contributed by atoms with Crippen molar-refractivity contribution in [1.82, 2.24) is 14.9 Å². The number of piperazine rings is 1. The van der Waals surface area contributed by atoms with Gasteiger partial charge in [0.25, 0.3) is 0 Å². The first-order chi connectivity index (χ1) is 17.5. The van der Waals surface area contributed by atoms with Crippen molar-refractivity contribution >= 4 is 29.4 Å². The third-order valence-electron chi connectivity index (χ3n) is 7.51. The number of nitrogen functional groups attached to an aromatic ring is 1. The molecule has 2 fully saturated rings. The van der Waals surface area contributed by atoms with Crippen molar-refractivity contribution in [2.24, 2.45) is 10.7 Å². The fourth-order valence-corrected chi connectivity index (χ4v) is 5.28. The van der Waals surface area contributed by atoms with Gasteiger partial charge in [0.2, 0.25) is 5.95 Å². The van der Waals surface area contributed by atoms with Crippen LogP contribution in [-0.2, 0) is 17.7 Å². The zero-order valence-corrected chi connectivity index (χ0v) is 21.4. The van der Waals surface area contributed by atoms with Crippen molar-refractivity contribution in [3.63, 3.8) is 0 Å². The Morgan fingerprint density at radius 3 is 2.69 bits per heavy atom. The second kappa shape index (κ2) is 10.8. The maximum absolute atomic E-state index is 6.18. The largest absolute Gasteiger partial charge is 0.404 e. The van der Waals surface area contributed by atoms with Gasteiger partial charge in [0, 0.05) is 69.4 Å². The number of nitrogens with two attached hydrogens (primary N) is 2. The van der Waals surface area contributed by atoms with Crippen LogP contribution < -0.4 is 21.3 Å². The van der Waals surface area contributed by atoms with Crippen LogP contribution in [0.2, 0.25) is 0 Å². The summed E-state index contributed by atoms with van der Waals surface area (Å²) in [5.74, 6) is 2.12. The maximum atomic E-state index is 6.18. The molecule has 5 rings (SSSR count). The first kappa shape index (κ1) is 24.5. The quantitative estimate of drug-likeness (QED) is 0.594. The molecule has 1 aromatic heterocycles. The average molecular weight is 491 g/mol. The van der Waals surface area contributed by atoms with Crippen molar-refractivity contribution in [3.8, 4) is 0 Å². The lowest BCUT2D eigenvalue weighted by Gasteiger charge is -2.37. The van der Waals surface area contributed by atoms with Gasteiger partial charge < -0.3 is 30.9 Å². The fraction of sp³-hybridized carbons (Fsp3) is 0.519. The van der Waals surface area contributed by atoms with Crippen LogP contribution in [-0.4, -0.2) is 79.6 Å². The maximum Gasteiger partial charge on any atom is 0.223 e. The third-order valence-corrected chi connectivity index (χ3v) is 7.51. The van der Waals surface area contributed by atoms with E-state index in [1.165, 1.54) is 11.1 Å². The number of nitrogens with zero attached hydrogens (tertiary/aromatic N) is 6. The van der Waals surface area contributed by atoms with Gasteiger partial charge in [-0.2, -0.15) is 9.97 Å². The van der Waals surface area contributed by atoms with Crippen molar-refractivity contribution in [3.05, 3.63) is 47.2 Å². The molecular weight excluding hydrogens is 452 g/mol. The molecule has 2 aromatic rings. The van der Waals surface area contributed by atoms with Crippen LogP contribution in [0.25, 0.3) is 5.57 Å². The first-order valence-corrected chi connectivity index (χ1v) is 13.0. The van der Waals surface area contributed by atoms with E-state index in [1.54, 1.807) is 6.20 Å². The summed E-state index contributed by atoms with van der Waals surface area (Å²) >= 11 is 0. The molecule has 4 heterocycles. The van der Waals surface area contributed by atoms with E-state index in [4.69, 9.17) is 16.2 Å². The van der Waals surface area contributed by atoms with Crippen molar-refractivity contribution < 1.29 is 4.74 Å². The average Bonchev–Trinajstić information content (AvgIpc) is 3.40. The van der Waals surface area contributed by atoms with E-state index >= 15 is 0 Å². The monoisotopic (exact) mass is 490 g/mol. The predicted molar refractivity (Wildman–Crippen MR) is 146 cm³/mol. The summed E-state index contributed by atoms with van der Waals surface area (Å²) < 4.78 is 5.68. The smallest absolute Gasteiger partial charge is 0.223 e. The van der Waals surface area contributed by atoms with E-state index in [2.05, 4.69) is 67.9 Å². The van der Waals surface area contributed by atoms with E-state index in [0.29, 0.717) is 18.5 Å². The van der Waals surface area contributed by atoms with Crippen LogP contribution in [0.4, 0.5) is 17.6 Å². The van der Waals surface area contributed by atoms with Gasteiger partial charge >= 0.3 is 0 Å². The number of hydrogen-bond acceptors (Lipinski definition) is 9. The molecule has 4 N–H and O–H groups in total. The molecule has 9 heteroatoms. The molecule has 3 aliphatic heterocycles. The van der Waals surface area contributed by atoms with Crippen molar-refractivity contribution in [2.45, 2.75) is 44.9 Å². The normalized spacial score (nSPS) is 23.4. The zero-order chi connectivity index (χ0) is 25.1. The van der Waals surface area contributed by atoms with Crippen LogP contribution in [0, 0.1) is 0 Å². The molecule has 0 aliphatic carbocycles. The van der Waals surface area contributed by atoms with Gasteiger partial charge in [-0.05, 0) is 56.0 Å². The number of rotatable bonds is 6. The van der Waals surface area contributed by atoms with E-state index in [1.807, 2.05) is 6.21 Å². The Kier molecular flexibility index (Phi) is 7.38. The fourth-order valence-electron chi connectivity index (χ4n) is 5.28. The first-order valence-electron chi connectivity index (χ1n) is 13.0.